The number of anilines is 1. The van der Waals surface area contributed by atoms with Gasteiger partial charge in [-0.1, -0.05) is 18.2 Å². The highest BCUT2D eigenvalue weighted by atomic mass is 16.1. The van der Waals surface area contributed by atoms with Crippen molar-refractivity contribution in [3.05, 3.63) is 85.2 Å². The molecule has 2 aromatic heterocycles. The zero-order valence-corrected chi connectivity index (χ0v) is 13.1. The van der Waals surface area contributed by atoms with E-state index < -0.39 is 0 Å². The second-order valence-corrected chi connectivity index (χ2v) is 5.35. The Kier molecular flexibility index (Phi) is 3.80. The number of hydrogen-bond acceptors (Lipinski definition) is 4. The Morgan fingerprint density at radius 2 is 1.64 bits per heavy atom. The number of nitrogens with zero attached hydrogens (tertiary/aromatic N) is 5. The largest absolute Gasteiger partial charge is 0.322 e. The fourth-order valence-corrected chi connectivity index (χ4v) is 2.40. The highest BCUT2D eigenvalue weighted by molar-refractivity contribution is 6.04. The van der Waals surface area contributed by atoms with E-state index in [0.29, 0.717) is 11.3 Å². The number of amides is 1. The van der Waals surface area contributed by atoms with E-state index in [1.54, 1.807) is 28.1 Å². The van der Waals surface area contributed by atoms with E-state index in [4.69, 9.17) is 0 Å². The van der Waals surface area contributed by atoms with Gasteiger partial charge < -0.3 is 5.32 Å². The summed E-state index contributed by atoms with van der Waals surface area (Å²) < 4.78 is 3.32. The fraction of sp³-hybridized carbons (Fsp3) is 0. The zero-order valence-electron chi connectivity index (χ0n) is 13.1. The van der Waals surface area contributed by atoms with Crippen molar-refractivity contribution in [2.45, 2.75) is 0 Å². The number of nitrogens with one attached hydrogen (secondary N) is 1. The molecule has 1 amide bonds. The third kappa shape index (κ3) is 3.16. The van der Waals surface area contributed by atoms with Crippen LogP contribution in [0.3, 0.4) is 0 Å². The molecular weight excluding hydrogens is 316 g/mol. The van der Waals surface area contributed by atoms with E-state index >= 15 is 0 Å². The van der Waals surface area contributed by atoms with Crippen molar-refractivity contribution in [1.29, 1.82) is 0 Å². The van der Waals surface area contributed by atoms with E-state index in [0.717, 1.165) is 11.4 Å². The lowest BCUT2D eigenvalue weighted by Gasteiger charge is -2.05. The molecule has 0 aliphatic rings. The van der Waals surface area contributed by atoms with Crippen molar-refractivity contribution in [1.82, 2.24) is 24.5 Å². The van der Waals surface area contributed by atoms with Gasteiger partial charge in [-0.15, -0.1) is 0 Å². The van der Waals surface area contributed by atoms with E-state index in [-0.39, 0.29) is 5.91 Å². The standard InChI is InChI=1S/C18H14N6O/c25-18(14-10-20-23(11-14)16-4-2-1-3-5-16)22-15-6-8-17(9-7-15)24-13-19-12-21-24/h1-13H,(H,22,25). The van der Waals surface area contributed by atoms with Crippen molar-refractivity contribution >= 4 is 11.6 Å². The normalized spacial score (nSPS) is 10.6. The molecule has 7 heteroatoms. The monoisotopic (exact) mass is 330 g/mol. The average Bonchev–Trinajstić information content (AvgIpc) is 3.35. The molecule has 0 saturated carbocycles. The van der Waals surface area contributed by atoms with Gasteiger partial charge in [0.2, 0.25) is 0 Å². The van der Waals surface area contributed by atoms with Crippen molar-refractivity contribution < 1.29 is 4.79 Å². The summed E-state index contributed by atoms with van der Waals surface area (Å²) in [7, 11) is 0. The first kappa shape index (κ1) is 14.8. The molecule has 7 nitrogen and oxygen atoms in total. The second-order valence-electron chi connectivity index (χ2n) is 5.35. The van der Waals surface area contributed by atoms with Crippen LogP contribution in [0.25, 0.3) is 11.4 Å². The molecule has 0 aliphatic heterocycles. The number of benzene rings is 2. The van der Waals surface area contributed by atoms with E-state index in [1.165, 1.54) is 6.33 Å². The van der Waals surface area contributed by atoms with Gasteiger partial charge in [-0.2, -0.15) is 10.2 Å². The first-order chi connectivity index (χ1) is 12.3. The van der Waals surface area contributed by atoms with Crippen LogP contribution in [0.1, 0.15) is 10.4 Å². The lowest BCUT2D eigenvalue weighted by atomic mass is 10.2. The van der Waals surface area contributed by atoms with Crippen LogP contribution in [0.5, 0.6) is 0 Å². The van der Waals surface area contributed by atoms with E-state index in [1.807, 2.05) is 54.6 Å². The van der Waals surface area contributed by atoms with Crippen LogP contribution in [0.4, 0.5) is 5.69 Å². The van der Waals surface area contributed by atoms with E-state index in [9.17, 15) is 4.79 Å². The summed E-state index contributed by atoms with van der Waals surface area (Å²) in [6, 6.07) is 17.0. The summed E-state index contributed by atoms with van der Waals surface area (Å²) in [5, 5.41) is 11.2. The maximum Gasteiger partial charge on any atom is 0.258 e. The van der Waals surface area contributed by atoms with Gasteiger partial charge >= 0.3 is 0 Å². The van der Waals surface area contributed by atoms with Crippen LogP contribution in [-0.2, 0) is 0 Å². The maximum absolute atomic E-state index is 12.4. The number of para-hydroxylation sites is 1. The first-order valence-corrected chi connectivity index (χ1v) is 7.66. The summed E-state index contributed by atoms with van der Waals surface area (Å²) in [6.45, 7) is 0. The van der Waals surface area contributed by atoms with Crippen molar-refractivity contribution in [3.63, 3.8) is 0 Å². The maximum atomic E-state index is 12.4. The Morgan fingerprint density at radius 3 is 2.36 bits per heavy atom. The Balaban J connectivity index is 1.48. The Morgan fingerprint density at radius 1 is 0.880 bits per heavy atom. The molecule has 0 aliphatic carbocycles. The summed E-state index contributed by atoms with van der Waals surface area (Å²) in [5.41, 5.74) is 2.96. The lowest BCUT2D eigenvalue weighted by Crippen LogP contribution is -2.11. The Bertz CT molecular complexity index is 974. The first-order valence-electron chi connectivity index (χ1n) is 7.66. The molecule has 4 rings (SSSR count). The molecule has 0 fully saturated rings. The molecule has 0 radical (unpaired) electrons. The summed E-state index contributed by atoms with van der Waals surface area (Å²) >= 11 is 0. The molecule has 0 saturated heterocycles. The number of carbonyl (C=O) groups is 1. The third-order valence-electron chi connectivity index (χ3n) is 3.67. The number of hydrogen-bond donors (Lipinski definition) is 1. The molecule has 0 spiro atoms. The Hall–Kier alpha value is -3.74. The molecule has 122 valence electrons. The molecular formula is C18H14N6O. The smallest absolute Gasteiger partial charge is 0.258 e. The highest BCUT2D eigenvalue weighted by Crippen LogP contribution is 2.14. The van der Waals surface area contributed by atoms with Gasteiger partial charge in [0, 0.05) is 11.9 Å². The minimum absolute atomic E-state index is 0.212. The fourth-order valence-electron chi connectivity index (χ4n) is 2.40. The Labute approximate surface area is 143 Å². The molecule has 1 N–H and O–H groups in total. The van der Waals surface area contributed by atoms with Crippen molar-refractivity contribution in [3.8, 4) is 11.4 Å². The van der Waals surface area contributed by atoms with Gasteiger partial charge in [0.1, 0.15) is 12.7 Å². The van der Waals surface area contributed by atoms with Crippen molar-refractivity contribution in [2.24, 2.45) is 0 Å². The van der Waals surface area contributed by atoms with E-state index in [2.05, 4.69) is 20.5 Å². The van der Waals surface area contributed by atoms with Gasteiger partial charge in [-0.3, -0.25) is 4.79 Å². The van der Waals surface area contributed by atoms with Crippen molar-refractivity contribution in [2.75, 3.05) is 5.32 Å². The van der Waals surface area contributed by atoms with Gasteiger partial charge in [-0.05, 0) is 36.4 Å². The van der Waals surface area contributed by atoms with Crippen LogP contribution in [0.2, 0.25) is 0 Å². The van der Waals surface area contributed by atoms with Crippen LogP contribution in [-0.4, -0.2) is 30.5 Å². The molecule has 2 aromatic carbocycles. The SMILES string of the molecule is O=C(Nc1ccc(-n2cncn2)cc1)c1cnn(-c2ccccc2)c1. The summed E-state index contributed by atoms with van der Waals surface area (Å²) in [4.78, 5) is 16.3. The lowest BCUT2D eigenvalue weighted by molar-refractivity contribution is 0.102. The third-order valence-corrected chi connectivity index (χ3v) is 3.67. The van der Waals surface area contributed by atoms with Gasteiger partial charge in [0.05, 0.1) is 23.1 Å². The minimum Gasteiger partial charge on any atom is -0.322 e. The summed E-state index contributed by atoms with van der Waals surface area (Å²) in [6.07, 6.45) is 6.34. The molecule has 4 aromatic rings. The molecule has 0 unspecified atom stereocenters. The van der Waals surface area contributed by atoms with Gasteiger partial charge in [0.15, 0.2) is 0 Å². The second kappa shape index (κ2) is 6.40. The van der Waals surface area contributed by atoms with Crippen LogP contribution >= 0.6 is 0 Å². The zero-order chi connectivity index (χ0) is 17.1. The predicted octanol–water partition coefficient (Wildman–Crippen LogP) is 2.71. The topological polar surface area (TPSA) is 77.6 Å². The minimum atomic E-state index is -0.212. The average molecular weight is 330 g/mol. The molecule has 25 heavy (non-hydrogen) atoms. The number of aromatic nitrogens is 5. The quantitative estimate of drug-likeness (QED) is 0.624. The predicted molar refractivity (Wildman–Crippen MR) is 92.9 cm³/mol. The van der Waals surface area contributed by atoms with Crippen LogP contribution < -0.4 is 5.32 Å². The highest BCUT2D eigenvalue weighted by Gasteiger charge is 2.10. The van der Waals surface area contributed by atoms with Crippen LogP contribution in [0.15, 0.2) is 79.6 Å². The summed E-state index contributed by atoms with van der Waals surface area (Å²) in [5.74, 6) is -0.212. The van der Waals surface area contributed by atoms with Gasteiger partial charge in [-0.25, -0.2) is 14.3 Å². The molecule has 0 bridgehead atoms. The van der Waals surface area contributed by atoms with Crippen LogP contribution in [0, 0.1) is 0 Å². The molecule has 0 atom stereocenters. The number of rotatable bonds is 4. The number of carbonyl (C=O) groups excluding carboxylic acids is 1. The molecule has 2 heterocycles. The van der Waals surface area contributed by atoms with Gasteiger partial charge in [0.25, 0.3) is 5.91 Å².